The van der Waals surface area contributed by atoms with Crippen molar-refractivity contribution in [3.63, 3.8) is 0 Å². The Morgan fingerprint density at radius 3 is 2.30 bits per heavy atom. The number of para-hydroxylation sites is 1. The van der Waals surface area contributed by atoms with Crippen LogP contribution in [0.3, 0.4) is 0 Å². The average molecular weight is 510 g/mol. The first-order valence-electron chi connectivity index (χ1n) is 11.8. The number of hydrogen-bond donors (Lipinski definition) is 7. The molecule has 0 spiro atoms. The van der Waals surface area contributed by atoms with Crippen molar-refractivity contribution >= 4 is 34.6 Å². The summed E-state index contributed by atoms with van der Waals surface area (Å²) < 4.78 is 0. The Bertz CT molecular complexity index is 1240. The SMILES string of the molecule is CC(O)C(NC(=O)CNC(=O)C(Cc1c[nH]c2ccccc12)NC(=O)C(N)Cc1ccccc1)C(=O)O. The lowest BCUT2D eigenvalue weighted by atomic mass is 10.0. The van der Waals surface area contributed by atoms with Crippen LogP contribution < -0.4 is 21.7 Å². The minimum Gasteiger partial charge on any atom is -0.480 e. The highest BCUT2D eigenvalue weighted by molar-refractivity contribution is 5.93. The molecular weight excluding hydrogens is 478 g/mol. The Hall–Kier alpha value is -4.22. The van der Waals surface area contributed by atoms with Crippen LogP contribution in [0.2, 0.25) is 0 Å². The first kappa shape index (κ1) is 27.4. The molecule has 8 N–H and O–H groups in total. The lowest BCUT2D eigenvalue weighted by Crippen LogP contribution is -2.55. The van der Waals surface area contributed by atoms with Crippen LogP contribution in [0.5, 0.6) is 0 Å². The van der Waals surface area contributed by atoms with Crippen LogP contribution in [0.15, 0.2) is 60.8 Å². The molecule has 11 nitrogen and oxygen atoms in total. The van der Waals surface area contributed by atoms with Gasteiger partial charge in [0.25, 0.3) is 0 Å². The van der Waals surface area contributed by atoms with E-state index in [0.717, 1.165) is 22.0 Å². The van der Waals surface area contributed by atoms with Gasteiger partial charge in [-0.15, -0.1) is 0 Å². The summed E-state index contributed by atoms with van der Waals surface area (Å²) in [5.74, 6) is -3.40. The number of hydrogen-bond acceptors (Lipinski definition) is 6. The standard InChI is InChI=1S/C26H31N5O6/c1-15(32)23(26(36)37)31-22(33)14-29-25(35)21(12-17-13-28-20-10-6-5-9-18(17)20)30-24(34)19(27)11-16-7-3-2-4-8-16/h2-10,13,15,19,21,23,28,32H,11-12,14,27H2,1H3,(H,29,35)(H,30,34)(H,31,33)(H,36,37). The molecular formula is C26H31N5O6. The maximum atomic E-state index is 13.1. The second-order valence-electron chi connectivity index (χ2n) is 8.76. The maximum absolute atomic E-state index is 13.1. The molecule has 0 radical (unpaired) electrons. The lowest BCUT2D eigenvalue weighted by molar-refractivity contribution is -0.144. The number of rotatable bonds is 12. The molecule has 0 bridgehead atoms. The minimum atomic E-state index is -1.53. The molecule has 3 aromatic rings. The molecule has 0 fully saturated rings. The molecule has 4 atom stereocenters. The summed E-state index contributed by atoms with van der Waals surface area (Å²) >= 11 is 0. The van der Waals surface area contributed by atoms with Gasteiger partial charge in [0.15, 0.2) is 6.04 Å². The maximum Gasteiger partial charge on any atom is 0.328 e. The number of nitrogens with two attached hydrogens (primary N) is 1. The molecule has 2 aromatic carbocycles. The van der Waals surface area contributed by atoms with Gasteiger partial charge in [0.2, 0.25) is 17.7 Å². The first-order valence-corrected chi connectivity index (χ1v) is 11.8. The number of benzene rings is 2. The zero-order valence-corrected chi connectivity index (χ0v) is 20.3. The minimum absolute atomic E-state index is 0.118. The normalized spacial score (nSPS) is 14.2. The largest absolute Gasteiger partial charge is 0.480 e. The smallest absolute Gasteiger partial charge is 0.328 e. The predicted molar refractivity (Wildman–Crippen MR) is 136 cm³/mol. The number of aromatic amines is 1. The number of carboxylic acid groups (broad SMARTS) is 1. The van der Waals surface area contributed by atoms with Gasteiger partial charge < -0.3 is 36.9 Å². The van der Waals surface area contributed by atoms with E-state index in [2.05, 4.69) is 20.9 Å². The van der Waals surface area contributed by atoms with Crippen LogP contribution in [0, 0.1) is 0 Å². The van der Waals surface area contributed by atoms with Crippen LogP contribution in [-0.4, -0.2) is 69.7 Å². The summed E-state index contributed by atoms with van der Waals surface area (Å²) in [6, 6.07) is 13.2. The average Bonchev–Trinajstić information content (AvgIpc) is 3.28. The number of aliphatic hydroxyl groups excluding tert-OH is 1. The van der Waals surface area contributed by atoms with Crippen molar-refractivity contribution in [1.29, 1.82) is 0 Å². The van der Waals surface area contributed by atoms with Crippen molar-refractivity contribution in [1.82, 2.24) is 20.9 Å². The van der Waals surface area contributed by atoms with E-state index in [1.165, 1.54) is 6.92 Å². The Kier molecular flexibility index (Phi) is 9.36. The summed E-state index contributed by atoms with van der Waals surface area (Å²) in [6.07, 6.45) is 0.796. The molecule has 196 valence electrons. The van der Waals surface area contributed by atoms with Crippen molar-refractivity contribution in [2.45, 2.75) is 44.0 Å². The van der Waals surface area contributed by atoms with Gasteiger partial charge in [-0.25, -0.2) is 4.79 Å². The first-order chi connectivity index (χ1) is 17.7. The summed E-state index contributed by atoms with van der Waals surface area (Å²) in [6.45, 7) is 0.675. The number of carbonyl (C=O) groups is 4. The molecule has 0 saturated heterocycles. The number of carbonyl (C=O) groups excluding carboxylic acids is 3. The number of aliphatic hydroxyl groups is 1. The number of nitrogens with one attached hydrogen (secondary N) is 4. The third-order valence-corrected chi connectivity index (χ3v) is 5.86. The van der Waals surface area contributed by atoms with E-state index in [9.17, 15) is 24.3 Å². The number of fused-ring (bicyclic) bond motifs is 1. The number of H-pyrrole nitrogens is 1. The topological polar surface area (TPSA) is 187 Å². The summed E-state index contributed by atoms with van der Waals surface area (Å²) in [7, 11) is 0. The number of carboxylic acids is 1. The van der Waals surface area contributed by atoms with Crippen molar-refractivity contribution in [2.24, 2.45) is 5.73 Å². The lowest BCUT2D eigenvalue weighted by Gasteiger charge is -2.21. The molecule has 1 aromatic heterocycles. The molecule has 4 unspecified atom stereocenters. The van der Waals surface area contributed by atoms with Gasteiger partial charge in [0, 0.05) is 23.5 Å². The van der Waals surface area contributed by atoms with Crippen LogP contribution in [0.25, 0.3) is 10.9 Å². The summed E-state index contributed by atoms with van der Waals surface area (Å²) in [4.78, 5) is 52.5. The quantitative estimate of drug-likeness (QED) is 0.177. The highest BCUT2D eigenvalue weighted by Gasteiger charge is 2.28. The van der Waals surface area contributed by atoms with Crippen molar-refractivity contribution in [3.05, 3.63) is 71.9 Å². The van der Waals surface area contributed by atoms with Crippen LogP contribution in [0.4, 0.5) is 0 Å². The molecule has 0 aliphatic carbocycles. The monoisotopic (exact) mass is 509 g/mol. The Balaban J connectivity index is 1.71. The van der Waals surface area contributed by atoms with E-state index in [1.807, 2.05) is 54.6 Å². The van der Waals surface area contributed by atoms with Crippen LogP contribution in [0.1, 0.15) is 18.1 Å². The van der Waals surface area contributed by atoms with E-state index < -0.39 is 54.5 Å². The van der Waals surface area contributed by atoms with Crippen molar-refractivity contribution in [3.8, 4) is 0 Å². The zero-order chi connectivity index (χ0) is 26.9. The summed E-state index contributed by atoms with van der Waals surface area (Å²) in [5.41, 5.74) is 8.61. The fraction of sp³-hybridized carbons (Fsp3) is 0.308. The Morgan fingerprint density at radius 2 is 1.62 bits per heavy atom. The molecule has 3 amide bonds. The second kappa shape index (κ2) is 12.7. The highest BCUT2D eigenvalue weighted by atomic mass is 16.4. The molecule has 1 heterocycles. The predicted octanol–water partition coefficient (Wildman–Crippen LogP) is -0.168. The second-order valence-corrected chi connectivity index (χ2v) is 8.76. The van der Waals surface area contributed by atoms with E-state index in [1.54, 1.807) is 6.20 Å². The van der Waals surface area contributed by atoms with Gasteiger partial charge in [-0.05, 0) is 30.5 Å². The molecule has 0 saturated carbocycles. The number of amides is 3. The van der Waals surface area contributed by atoms with Crippen LogP contribution >= 0.6 is 0 Å². The van der Waals surface area contributed by atoms with Crippen LogP contribution in [-0.2, 0) is 32.0 Å². The van der Waals surface area contributed by atoms with Gasteiger partial charge in [-0.1, -0.05) is 48.5 Å². The fourth-order valence-electron chi connectivity index (χ4n) is 3.87. The third-order valence-electron chi connectivity index (χ3n) is 5.86. The third kappa shape index (κ3) is 7.63. The molecule has 0 aliphatic heterocycles. The number of aromatic nitrogens is 1. The van der Waals surface area contributed by atoms with Gasteiger partial charge in [0.1, 0.15) is 6.04 Å². The van der Waals surface area contributed by atoms with E-state index in [-0.39, 0.29) is 12.8 Å². The van der Waals surface area contributed by atoms with Gasteiger partial charge >= 0.3 is 5.97 Å². The van der Waals surface area contributed by atoms with E-state index >= 15 is 0 Å². The van der Waals surface area contributed by atoms with Gasteiger partial charge in [-0.3, -0.25) is 14.4 Å². The molecule has 11 heteroatoms. The Morgan fingerprint density at radius 1 is 0.946 bits per heavy atom. The zero-order valence-electron chi connectivity index (χ0n) is 20.3. The van der Waals surface area contributed by atoms with Gasteiger partial charge in [0.05, 0.1) is 18.7 Å². The van der Waals surface area contributed by atoms with Gasteiger partial charge in [-0.2, -0.15) is 0 Å². The van der Waals surface area contributed by atoms with Crippen molar-refractivity contribution < 1.29 is 29.4 Å². The van der Waals surface area contributed by atoms with E-state index in [0.29, 0.717) is 0 Å². The number of aliphatic carboxylic acids is 1. The van der Waals surface area contributed by atoms with E-state index in [4.69, 9.17) is 10.8 Å². The van der Waals surface area contributed by atoms with Crippen molar-refractivity contribution in [2.75, 3.05) is 6.54 Å². The highest BCUT2D eigenvalue weighted by Crippen LogP contribution is 2.19. The fourth-order valence-corrected chi connectivity index (χ4v) is 3.87. The molecule has 0 aliphatic rings. The summed E-state index contributed by atoms with van der Waals surface area (Å²) in [5, 5.41) is 26.8. The molecule has 37 heavy (non-hydrogen) atoms. The molecule has 3 rings (SSSR count). The Labute approximate surface area is 213 Å².